The fourth-order valence-corrected chi connectivity index (χ4v) is 3.58. The lowest BCUT2D eigenvalue weighted by molar-refractivity contribution is -0.128. The Bertz CT molecular complexity index is 735. The Labute approximate surface area is 161 Å². The normalized spacial score (nSPS) is 15.0. The number of benzene rings is 1. The third-order valence-corrected chi connectivity index (χ3v) is 5.07. The number of rotatable bonds is 7. The lowest BCUT2D eigenvalue weighted by Gasteiger charge is -2.32. The molecule has 27 heavy (non-hydrogen) atoms. The zero-order valence-corrected chi connectivity index (χ0v) is 16.0. The van der Waals surface area contributed by atoms with Gasteiger partial charge in [0.15, 0.2) is 0 Å². The van der Waals surface area contributed by atoms with Crippen LogP contribution in [0.25, 0.3) is 6.08 Å². The van der Waals surface area contributed by atoms with Gasteiger partial charge in [-0.15, -0.1) is 0 Å². The van der Waals surface area contributed by atoms with Crippen LogP contribution in [-0.2, 0) is 11.4 Å². The van der Waals surface area contributed by atoms with Crippen LogP contribution in [0.3, 0.4) is 0 Å². The molecule has 2 aromatic rings. The molecule has 1 fully saturated rings. The molecule has 4 nitrogen and oxygen atoms in total. The maximum absolute atomic E-state index is 12.6. The van der Waals surface area contributed by atoms with E-state index in [4.69, 9.17) is 4.74 Å². The van der Waals surface area contributed by atoms with E-state index in [0.717, 1.165) is 36.3 Å². The first-order valence-corrected chi connectivity index (χ1v) is 9.86. The van der Waals surface area contributed by atoms with Gasteiger partial charge in [-0.05, 0) is 49.6 Å². The number of carbonyl (C=O) groups excluding carboxylic acids is 1. The monoisotopic (exact) mass is 364 g/mol. The van der Waals surface area contributed by atoms with Gasteiger partial charge in [-0.1, -0.05) is 37.5 Å². The van der Waals surface area contributed by atoms with E-state index in [1.807, 2.05) is 47.4 Å². The average molecular weight is 364 g/mol. The van der Waals surface area contributed by atoms with E-state index in [1.165, 1.54) is 19.3 Å². The van der Waals surface area contributed by atoms with Crippen molar-refractivity contribution in [2.75, 3.05) is 6.54 Å². The summed E-state index contributed by atoms with van der Waals surface area (Å²) in [4.78, 5) is 18.7. The van der Waals surface area contributed by atoms with Crippen molar-refractivity contribution in [1.82, 2.24) is 9.88 Å². The first-order chi connectivity index (χ1) is 13.3. The maximum Gasteiger partial charge on any atom is 0.246 e. The summed E-state index contributed by atoms with van der Waals surface area (Å²) >= 11 is 0. The topological polar surface area (TPSA) is 42.4 Å². The number of pyridine rings is 1. The molecule has 1 amide bonds. The molecule has 1 aliphatic carbocycles. The van der Waals surface area contributed by atoms with Crippen LogP contribution in [0, 0.1) is 0 Å². The minimum absolute atomic E-state index is 0.112. The molecule has 1 saturated carbocycles. The molecule has 0 spiro atoms. The molecule has 1 aliphatic rings. The Morgan fingerprint density at radius 3 is 2.63 bits per heavy atom. The Morgan fingerprint density at radius 1 is 1.19 bits per heavy atom. The van der Waals surface area contributed by atoms with Gasteiger partial charge in [-0.25, -0.2) is 0 Å². The summed E-state index contributed by atoms with van der Waals surface area (Å²) in [7, 11) is 0. The van der Waals surface area contributed by atoms with Crippen molar-refractivity contribution < 1.29 is 9.53 Å². The number of carbonyl (C=O) groups is 1. The SMILES string of the molecule is CCN(C(=O)/C=C/c1ccc(OCc2cccnc2)cc1)C1CCCCC1. The number of nitrogens with zero attached hydrogens (tertiary/aromatic N) is 2. The highest BCUT2D eigenvalue weighted by Gasteiger charge is 2.22. The molecule has 1 aromatic heterocycles. The first-order valence-electron chi connectivity index (χ1n) is 9.86. The second-order valence-corrected chi connectivity index (χ2v) is 6.97. The van der Waals surface area contributed by atoms with Gasteiger partial charge in [-0.2, -0.15) is 0 Å². The van der Waals surface area contributed by atoms with Gasteiger partial charge in [0.1, 0.15) is 12.4 Å². The summed E-state index contributed by atoms with van der Waals surface area (Å²) in [6.07, 6.45) is 13.2. The largest absolute Gasteiger partial charge is 0.489 e. The summed E-state index contributed by atoms with van der Waals surface area (Å²) in [6, 6.07) is 12.1. The van der Waals surface area contributed by atoms with Crippen molar-refractivity contribution in [2.45, 2.75) is 51.7 Å². The molecular weight excluding hydrogens is 336 g/mol. The highest BCUT2D eigenvalue weighted by molar-refractivity contribution is 5.92. The molecule has 1 heterocycles. The van der Waals surface area contributed by atoms with Gasteiger partial charge >= 0.3 is 0 Å². The third kappa shape index (κ3) is 5.68. The van der Waals surface area contributed by atoms with Crippen LogP contribution in [0.4, 0.5) is 0 Å². The summed E-state index contributed by atoms with van der Waals surface area (Å²) < 4.78 is 5.77. The summed E-state index contributed by atoms with van der Waals surface area (Å²) in [6.45, 7) is 3.33. The van der Waals surface area contributed by atoms with Crippen LogP contribution in [0.1, 0.15) is 50.2 Å². The summed E-state index contributed by atoms with van der Waals surface area (Å²) in [5, 5.41) is 0. The zero-order chi connectivity index (χ0) is 18.9. The molecule has 0 bridgehead atoms. The predicted molar refractivity (Wildman–Crippen MR) is 108 cm³/mol. The maximum atomic E-state index is 12.6. The van der Waals surface area contributed by atoms with Gasteiger partial charge in [0, 0.05) is 36.6 Å². The molecular formula is C23H28N2O2. The lowest BCUT2D eigenvalue weighted by Crippen LogP contribution is -2.40. The predicted octanol–water partition coefficient (Wildman–Crippen LogP) is 4.86. The van der Waals surface area contributed by atoms with Gasteiger partial charge < -0.3 is 9.64 Å². The van der Waals surface area contributed by atoms with E-state index in [9.17, 15) is 4.79 Å². The van der Waals surface area contributed by atoms with Crippen molar-refractivity contribution in [3.63, 3.8) is 0 Å². The fourth-order valence-electron chi connectivity index (χ4n) is 3.58. The number of likely N-dealkylation sites (N-methyl/N-ethyl adjacent to an activating group) is 1. The van der Waals surface area contributed by atoms with E-state index in [2.05, 4.69) is 11.9 Å². The van der Waals surface area contributed by atoms with Crippen molar-refractivity contribution >= 4 is 12.0 Å². The summed E-state index contributed by atoms with van der Waals surface area (Å²) in [5.41, 5.74) is 2.03. The highest BCUT2D eigenvalue weighted by atomic mass is 16.5. The van der Waals surface area contributed by atoms with E-state index in [0.29, 0.717) is 12.6 Å². The molecule has 142 valence electrons. The summed E-state index contributed by atoms with van der Waals surface area (Å²) in [5.74, 6) is 0.918. The number of hydrogen-bond donors (Lipinski definition) is 0. The van der Waals surface area contributed by atoms with Crippen molar-refractivity contribution in [2.24, 2.45) is 0 Å². The highest BCUT2D eigenvalue weighted by Crippen LogP contribution is 2.23. The molecule has 3 rings (SSSR count). The third-order valence-electron chi connectivity index (χ3n) is 5.07. The van der Waals surface area contributed by atoms with E-state index < -0.39 is 0 Å². The molecule has 0 N–H and O–H groups in total. The van der Waals surface area contributed by atoms with Gasteiger partial charge in [0.05, 0.1) is 0 Å². The molecule has 0 unspecified atom stereocenters. The van der Waals surface area contributed by atoms with E-state index in [-0.39, 0.29) is 5.91 Å². The van der Waals surface area contributed by atoms with Crippen LogP contribution >= 0.6 is 0 Å². The van der Waals surface area contributed by atoms with Crippen LogP contribution in [0.2, 0.25) is 0 Å². The Balaban J connectivity index is 1.54. The zero-order valence-electron chi connectivity index (χ0n) is 16.0. The van der Waals surface area contributed by atoms with Crippen molar-refractivity contribution in [3.8, 4) is 5.75 Å². The number of aromatic nitrogens is 1. The number of amides is 1. The molecule has 0 saturated heterocycles. The Morgan fingerprint density at radius 2 is 1.96 bits per heavy atom. The average Bonchev–Trinajstić information content (AvgIpc) is 2.73. The molecule has 1 aromatic carbocycles. The Hall–Kier alpha value is -2.62. The minimum Gasteiger partial charge on any atom is -0.489 e. The quantitative estimate of drug-likeness (QED) is 0.659. The first kappa shape index (κ1) is 19.2. The molecule has 0 radical (unpaired) electrons. The van der Waals surface area contributed by atoms with Gasteiger partial charge in [-0.3, -0.25) is 9.78 Å². The lowest BCUT2D eigenvalue weighted by atomic mass is 9.94. The smallest absolute Gasteiger partial charge is 0.246 e. The minimum atomic E-state index is 0.112. The van der Waals surface area contributed by atoms with Crippen LogP contribution < -0.4 is 4.74 Å². The molecule has 4 heteroatoms. The van der Waals surface area contributed by atoms with Crippen LogP contribution in [0.15, 0.2) is 54.9 Å². The van der Waals surface area contributed by atoms with E-state index in [1.54, 1.807) is 18.5 Å². The standard InChI is InChI=1S/C23H28N2O2/c1-2-25(21-8-4-3-5-9-21)23(26)15-12-19-10-13-22(14-11-19)27-18-20-7-6-16-24-17-20/h6-7,10-17,21H,2-5,8-9,18H2,1H3/b15-12+. The Kier molecular flexibility index (Phi) is 7.03. The second kappa shape index (κ2) is 9.91. The fraction of sp³-hybridized carbons (Fsp3) is 0.391. The van der Waals surface area contributed by atoms with Crippen molar-refractivity contribution in [3.05, 3.63) is 66.0 Å². The van der Waals surface area contributed by atoms with Crippen molar-refractivity contribution in [1.29, 1.82) is 0 Å². The van der Waals surface area contributed by atoms with Gasteiger partial charge in [0.25, 0.3) is 0 Å². The molecule has 0 atom stereocenters. The van der Waals surface area contributed by atoms with Crippen LogP contribution in [-0.4, -0.2) is 28.4 Å². The van der Waals surface area contributed by atoms with Gasteiger partial charge in [0.2, 0.25) is 5.91 Å². The van der Waals surface area contributed by atoms with Crippen LogP contribution in [0.5, 0.6) is 5.75 Å². The number of ether oxygens (including phenoxy) is 1. The molecule has 0 aliphatic heterocycles. The van der Waals surface area contributed by atoms with E-state index >= 15 is 0 Å². The second-order valence-electron chi connectivity index (χ2n) is 6.97. The number of hydrogen-bond acceptors (Lipinski definition) is 3.